The number of carbonyl (C=O) groups excluding carboxylic acids is 6. The number of aliphatic carboxylic acids is 1. The van der Waals surface area contributed by atoms with Crippen LogP contribution in [0.15, 0.2) is 0 Å². The molecule has 0 heterocycles. The summed E-state index contributed by atoms with van der Waals surface area (Å²) in [5.41, 5.74) is 12.8. The largest absolute Gasteiger partial charge is 0.667 e. The second-order valence-corrected chi connectivity index (χ2v) is 6.82. The molecule has 17 heteroatoms. The van der Waals surface area contributed by atoms with Gasteiger partial charge in [-0.05, 0) is 19.3 Å². The van der Waals surface area contributed by atoms with Crippen molar-refractivity contribution in [3.63, 3.8) is 0 Å². The van der Waals surface area contributed by atoms with Crippen molar-refractivity contribution in [1.29, 1.82) is 0 Å². The molecule has 0 aromatic rings. The summed E-state index contributed by atoms with van der Waals surface area (Å²) in [5, 5.41) is 17.7. The molecule has 1 atom stereocenters. The van der Waals surface area contributed by atoms with E-state index < -0.39 is 42.6 Å². The number of amides is 6. The van der Waals surface area contributed by atoms with E-state index in [0.29, 0.717) is 25.8 Å². The van der Waals surface area contributed by atoms with Gasteiger partial charge in [-0.3, -0.25) is 28.9 Å². The van der Waals surface area contributed by atoms with E-state index in [-0.39, 0.29) is 72.9 Å². The number of rotatable bonds is 15. The fourth-order valence-electron chi connectivity index (χ4n) is 2.49. The Morgan fingerprint density at radius 2 is 1.22 bits per heavy atom. The molecule has 0 radical (unpaired) electrons. The van der Waals surface area contributed by atoms with Gasteiger partial charge in [0.05, 0.1) is 43.8 Å². The molecule has 0 spiro atoms. The Morgan fingerprint density at radius 3 is 1.56 bits per heavy atom. The van der Waals surface area contributed by atoms with Gasteiger partial charge in [0, 0.05) is 69.8 Å². The molecule has 0 saturated heterocycles. The molecule has 206 valence electrons. The molecular formula is C19H33N7O8W2-2. The number of unbranched alkanes of at least 4 members (excludes halogenated alkanes) is 1. The fourth-order valence-corrected chi connectivity index (χ4v) is 2.49. The Morgan fingerprint density at radius 1 is 0.750 bits per heavy atom. The van der Waals surface area contributed by atoms with Crippen molar-refractivity contribution >= 4 is 41.4 Å². The van der Waals surface area contributed by atoms with Gasteiger partial charge in [0.25, 0.3) is 0 Å². The zero-order valence-electron chi connectivity index (χ0n) is 20.3. The summed E-state index contributed by atoms with van der Waals surface area (Å²) >= 11 is 0. The second-order valence-electron chi connectivity index (χ2n) is 6.82. The summed E-state index contributed by atoms with van der Waals surface area (Å²) in [5.74, 6) is -4.73. The van der Waals surface area contributed by atoms with Crippen LogP contribution in [-0.4, -0.2) is 98.2 Å². The maximum absolute atomic E-state index is 12.2. The quantitative estimate of drug-likeness (QED) is 0.0921. The molecular weight excluding hydrogens is 822 g/mol. The number of nitrogens with one attached hydrogen (secondary N) is 6. The van der Waals surface area contributed by atoms with Crippen molar-refractivity contribution in [1.82, 2.24) is 26.2 Å². The number of carbonyl (C=O) groups is 7. The first-order valence-corrected chi connectivity index (χ1v) is 10.2. The number of carboxylic acids is 1. The van der Waals surface area contributed by atoms with Gasteiger partial charge < -0.3 is 47.4 Å². The molecule has 0 rings (SSSR count). The topological polar surface area (TPSA) is 239 Å². The monoisotopic (exact) mass is 855 g/mol. The Bertz CT molecular complexity index is 711. The summed E-state index contributed by atoms with van der Waals surface area (Å²) < 4.78 is 0. The fraction of sp³-hybridized carbons (Fsp3) is 0.632. The first-order valence-electron chi connectivity index (χ1n) is 10.2. The van der Waals surface area contributed by atoms with Crippen LogP contribution in [0, 0.1) is 0 Å². The zero-order valence-corrected chi connectivity index (χ0v) is 26.2. The van der Waals surface area contributed by atoms with Gasteiger partial charge in [-0.25, -0.2) is 0 Å². The summed E-state index contributed by atoms with van der Waals surface area (Å²) in [6.45, 7) is 0.0895. The van der Waals surface area contributed by atoms with E-state index in [4.69, 9.17) is 16.6 Å². The molecule has 0 aliphatic rings. The van der Waals surface area contributed by atoms with Gasteiger partial charge in [0.15, 0.2) is 0 Å². The van der Waals surface area contributed by atoms with E-state index in [1.165, 1.54) is 26.0 Å². The van der Waals surface area contributed by atoms with E-state index in [2.05, 4.69) is 21.3 Å². The molecule has 15 nitrogen and oxygen atoms in total. The van der Waals surface area contributed by atoms with Crippen LogP contribution in [0.4, 0.5) is 0 Å². The van der Waals surface area contributed by atoms with E-state index in [1.807, 2.05) is 0 Å². The van der Waals surface area contributed by atoms with Crippen molar-refractivity contribution in [3.8, 4) is 0 Å². The standard InChI is InChI=1S/C16H30N6O5.C3H5NO3.2W/c1-18-14(25)9-22(10-15(26)19-2)11(16(27)20-3)6-4-5-7-21-13(24)8-12(17)23;4-2(5)1-3(6)7;;/h11H,4-10H2,1-3H3,(H6,17,18,19,20,21,23,24,25,26,27);1H2,(H3,4,5,6,7);;/p-2/t11-;;;/m0.../s1. The molecule has 36 heavy (non-hydrogen) atoms. The summed E-state index contributed by atoms with van der Waals surface area (Å²) in [4.78, 5) is 78.1. The van der Waals surface area contributed by atoms with E-state index in [1.54, 1.807) is 0 Å². The third-order valence-corrected chi connectivity index (χ3v) is 4.10. The Hall–Kier alpha value is -2.37. The molecule has 0 fully saturated rings. The van der Waals surface area contributed by atoms with E-state index in [0.717, 1.165) is 0 Å². The molecule has 7 N–H and O–H groups in total. The number of hydrogen-bond acceptors (Lipinski definition) is 8. The van der Waals surface area contributed by atoms with Crippen molar-refractivity contribution in [2.75, 3.05) is 40.8 Å². The van der Waals surface area contributed by atoms with Crippen molar-refractivity contribution in [2.45, 2.75) is 38.1 Å². The van der Waals surface area contributed by atoms with E-state index in [9.17, 15) is 33.6 Å². The van der Waals surface area contributed by atoms with Gasteiger partial charge in [-0.1, -0.05) is 0 Å². The van der Waals surface area contributed by atoms with Crippen LogP contribution >= 0.6 is 0 Å². The van der Waals surface area contributed by atoms with Crippen molar-refractivity contribution in [2.24, 2.45) is 0 Å². The number of carboxylic acid groups (broad SMARTS) is 1. The molecule has 6 amide bonds. The van der Waals surface area contributed by atoms with Crippen molar-refractivity contribution in [3.05, 3.63) is 11.5 Å². The SMILES string of the molecule is CNC(=O)CN(CC(=O)NC)[C@@H](CCCCNC(=O)CC([NH-])=O)C(=O)NC.[NH-]C(=O)CC(=O)O.[W].[W]. The summed E-state index contributed by atoms with van der Waals surface area (Å²) in [6.07, 6.45) is 0.290. The molecule has 0 aromatic heterocycles. The Kier molecular flexibility index (Phi) is 27.6. The predicted molar refractivity (Wildman–Crippen MR) is 120 cm³/mol. The maximum atomic E-state index is 12.2. The van der Waals surface area contributed by atoms with Crippen LogP contribution in [0.3, 0.4) is 0 Å². The van der Waals surface area contributed by atoms with Gasteiger partial charge in [-0.2, -0.15) is 0 Å². The van der Waals surface area contributed by atoms with Gasteiger partial charge in [-0.15, -0.1) is 0 Å². The molecule has 0 saturated carbocycles. The minimum absolute atomic E-state index is 0. The first kappa shape index (κ1) is 40.8. The molecule has 0 aromatic carbocycles. The maximum Gasteiger partial charge on any atom is 0.309 e. The summed E-state index contributed by atoms with van der Waals surface area (Å²) in [6, 6.07) is -0.685. The normalized spacial score (nSPS) is 10.1. The number of likely N-dealkylation sites (N-methyl/N-ethyl adjacent to an activating group) is 3. The minimum atomic E-state index is -1.25. The van der Waals surface area contributed by atoms with Crippen LogP contribution in [0.1, 0.15) is 32.1 Å². The van der Waals surface area contributed by atoms with Crippen LogP contribution in [0.5, 0.6) is 0 Å². The average molecular weight is 855 g/mol. The van der Waals surface area contributed by atoms with Gasteiger partial charge >= 0.3 is 5.97 Å². The average Bonchev–Trinajstić information content (AvgIpc) is 2.73. The molecule has 0 aliphatic carbocycles. The van der Waals surface area contributed by atoms with Crippen LogP contribution in [0.2, 0.25) is 0 Å². The third-order valence-electron chi connectivity index (χ3n) is 4.10. The Balaban J connectivity index is -0.000000495. The number of nitrogens with zero attached hydrogens (tertiary/aromatic N) is 1. The number of hydrogen-bond donors (Lipinski definition) is 5. The molecule has 0 bridgehead atoms. The third kappa shape index (κ3) is 23.4. The van der Waals surface area contributed by atoms with Gasteiger partial charge in [0.2, 0.25) is 23.6 Å². The van der Waals surface area contributed by atoms with E-state index >= 15 is 0 Å². The molecule has 0 unspecified atom stereocenters. The van der Waals surface area contributed by atoms with Crippen LogP contribution in [-0.2, 0) is 75.7 Å². The first-order chi connectivity index (χ1) is 15.9. The van der Waals surface area contributed by atoms with Crippen LogP contribution < -0.4 is 21.3 Å². The second kappa shape index (κ2) is 24.3. The molecule has 0 aliphatic heterocycles. The summed E-state index contributed by atoms with van der Waals surface area (Å²) in [7, 11) is 4.42. The predicted octanol–water partition coefficient (Wildman–Crippen LogP) is -1.81. The van der Waals surface area contributed by atoms with Gasteiger partial charge in [0.1, 0.15) is 0 Å². The smallest absolute Gasteiger partial charge is 0.309 e. The minimum Gasteiger partial charge on any atom is -0.667 e. The zero-order chi connectivity index (χ0) is 26.7. The van der Waals surface area contributed by atoms with Crippen molar-refractivity contribution < 1.29 is 80.8 Å². The Labute approximate surface area is 238 Å². The van der Waals surface area contributed by atoms with Crippen LogP contribution in [0.25, 0.3) is 11.5 Å².